The standard InChI is InChI=1S/C28H38FN5O7/c29-22-17-20-21(28(38)34(27(20)37)23-1-2-25(35)31-26(23)36)18-24(22)33-9-7-32(8-10-33)11-12-39-13-14-40-15-16-41-19-3-5-30-6-4-19/h17-19,23,30H,1-16H2,(H,31,35,36). The molecule has 1 aromatic rings. The van der Waals surface area contributed by atoms with Crippen molar-refractivity contribution in [3.05, 3.63) is 29.1 Å². The third-order valence-corrected chi connectivity index (χ3v) is 8.01. The third kappa shape index (κ3) is 7.09. The van der Waals surface area contributed by atoms with Crippen molar-refractivity contribution < 1.29 is 37.8 Å². The number of imide groups is 2. The lowest BCUT2D eigenvalue weighted by molar-refractivity contribution is -0.136. The van der Waals surface area contributed by atoms with Crippen molar-refractivity contribution >= 4 is 29.3 Å². The molecule has 1 atom stereocenters. The first-order chi connectivity index (χ1) is 19.9. The minimum Gasteiger partial charge on any atom is -0.378 e. The van der Waals surface area contributed by atoms with E-state index in [0.717, 1.165) is 43.4 Å². The molecule has 3 fully saturated rings. The molecule has 0 saturated carbocycles. The second-order valence-corrected chi connectivity index (χ2v) is 10.7. The number of anilines is 1. The van der Waals surface area contributed by atoms with Crippen LogP contribution < -0.4 is 15.5 Å². The fraction of sp³-hybridized carbons (Fsp3) is 0.643. The number of rotatable bonds is 12. The van der Waals surface area contributed by atoms with Gasteiger partial charge in [-0.2, -0.15) is 0 Å². The van der Waals surface area contributed by atoms with Gasteiger partial charge in [-0.05, 0) is 44.5 Å². The minimum absolute atomic E-state index is 0.0285. The fourth-order valence-corrected chi connectivity index (χ4v) is 5.69. The van der Waals surface area contributed by atoms with Crippen molar-refractivity contribution in [1.82, 2.24) is 20.4 Å². The molecule has 4 aliphatic heterocycles. The Balaban J connectivity index is 1.02. The lowest BCUT2D eigenvalue weighted by Gasteiger charge is -2.36. The molecule has 0 aromatic heterocycles. The van der Waals surface area contributed by atoms with Crippen LogP contribution in [0.15, 0.2) is 12.1 Å². The SMILES string of the molecule is O=C1CCC(N2C(=O)c3cc(F)c(N4CCN(CCOCCOCCOC5CCNCC5)CC4)cc3C2=O)C(=O)N1. The molecule has 5 rings (SSSR count). The Hall–Kier alpha value is -2.97. The number of hydrogen-bond acceptors (Lipinski definition) is 10. The summed E-state index contributed by atoms with van der Waals surface area (Å²) in [5, 5.41) is 5.48. The second-order valence-electron chi connectivity index (χ2n) is 10.7. The average molecular weight is 576 g/mol. The number of ether oxygens (including phenoxy) is 3. The molecule has 4 heterocycles. The number of fused-ring (bicyclic) bond motifs is 1. The molecule has 2 N–H and O–H groups in total. The second kappa shape index (κ2) is 13.8. The maximum Gasteiger partial charge on any atom is 0.262 e. The summed E-state index contributed by atoms with van der Waals surface area (Å²) in [5.41, 5.74) is 0.272. The molecule has 4 aliphatic rings. The lowest BCUT2D eigenvalue weighted by atomic mass is 10.0. The van der Waals surface area contributed by atoms with Crippen molar-refractivity contribution in [2.24, 2.45) is 0 Å². The van der Waals surface area contributed by atoms with Gasteiger partial charge >= 0.3 is 0 Å². The predicted octanol–water partition coefficient (Wildman–Crippen LogP) is 0.151. The van der Waals surface area contributed by atoms with Gasteiger partial charge in [0, 0.05) is 39.1 Å². The van der Waals surface area contributed by atoms with Crippen LogP contribution in [0.4, 0.5) is 10.1 Å². The number of carbonyl (C=O) groups is 4. The number of piperazine rings is 1. The Kier molecular flexibility index (Phi) is 9.93. The maximum atomic E-state index is 15.1. The van der Waals surface area contributed by atoms with Crippen LogP contribution in [0.25, 0.3) is 0 Å². The van der Waals surface area contributed by atoms with E-state index in [0.29, 0.717) is 65.3 Å². The molecule has 1 unspecified atom stereocenters. The number of piperidine rings is 2. The number of amides is 4. The zero-order valence-corrected chi connectivity index (χ0v) is 23.2. The van der Waals surface area contributed by atoms with Gasteiger partial charge in [-0.15, -0.1) is 0 Å². The van der Waals surface area contributed by atoms with Crippen LogP contribution in [0.5, 0.6) is 0 Å². The molecule has 12 nitrogen and oxygen atoms in total. The fourth-order valence-electron chi connectivity index (χ4n) is 5.69. The number of nitrogens with zero attached hydrogens (tertiary/aromatic N) is 3. The third-order valence-electron chi connectivity index (χ3n) is 8.01. The highest BCUT2D eigenvalue weighted by molar-refractivity contribution is 6.23. The highest BCUT2D eigenvalue weighted by atomic mass is 19.1. The summed E-state index contributed by atoms with van der Waals surface area (Å²) in [6.07, 6.45) is 2.51. The Bertz CT molecular complexity index is 1140. The molecule has 4 amide bonds. The minimum atomic E-state index is -1.08. The van der Waals surface area contributed by atoms with E-state index in [1.54, 1.807) is 0 Å². The summed E-state index contributed by atoms with van der Waals surface area (Å²) in [6, 6.07) is 1.41. The van der Waals surface area contributed by atoms with Gasteiger partial charge in [0.1, 0.15) is 11.9 Å². The zero-order chi connectivity index (χ0) is 28.8. The Morgan fingerprint density at radius 1 is 0.829 bits per heavy atom. The first-order valence-corrected chi connectivity index (χ1v) is 14.4. The number of halogens is 1. The van der Waals surface area contributed by atoms with Gasteiger partial charge in [-0.3, -0.25) is 34.3 Å². The first kappa shape index (κ1) is 29.5. The van der Waals surface area contributed by atoms with Gasteiger partial charge in [0.25, 0.3) is 11.8 Å². The van der Waals surface area contributed by atoms with E-state index in [9.17, 15) is 19.2 Å². The van der Waals surface area contributed by atoms with Crippen molar-refractivity contribution in [2.75, 3.05) is 83.7 Å². The summed E-state index contributed by atoms with van der Waals surface area (Å²) in [4.78, 5) is 54.7. The number of carbonyl (C=O) groups excluding carboxylic acids is 4. The molecule has 3 saturated heterocycles. The van der Waals surface area contributed by atoms with Crippen molar-refractivity contribution in [2.45, 2.75) is 37.8 Å². The maximum absolute atomic E-state index is 15.1. The van der Waals surface area contributed by atoms with Gasteiger partial charge in [-0.1, -0.05) is 0 Å². The Morgan fingerprint density at radius 2 is 1.49 bits per heavy atom. The molecule has 0 aliphatic carbocycles. The van der Waals surface area contributed by atoms with E-state index < -0.39 is 35.5 Å². The van der Waals surface area contributed by atoms with E-state index in [4.69, 9.17) is 14.2 Å². The van der Waals surface area contributed by atoms with Crippen molar-refractivity contribution in [1.29, 1.82) is 0 Å². The number of benzene rings is 1. The van der Waals surface area contributed by atoms with E-state index in [1.807, 2.05) is 4.90 Å². The smallest absolute Gasteiger partial charge is 0.262 e. The topological polar surface area (TPSA) is 130 Å². The van der Waals surface area contributed by atoms with Crippen LogP contribution in [-0.2, 0) is 23.8 Å². The van der Waals surface area contributed by atoms with Crippen LogP contribution in [0, 0.1) is 5.82 Å². The first-order valence-electron chi connectivity index (χ1n) is 14.4. The summed E-state index contributed by atoms with van der Waals surface area (Å²) >= 11 is 0. The highest BCUT2D eigenvalue weighted by Gasteiger charge is 2.45. The number of nitrogens with one attached hydrogen (secondary N) is 2. The van der Waals surface area contributed by atoms with Crippen molar-refractivity contribution in [3.8, 4) is 0 Å². The molecule has 13 heteroatoms. The molecule has 41 heavy (non-hydrogen) atoms. The largest absolute Gasteiger partial charge is 0.378 e. The van der Waals surface area contributed by atoms with Crippen LogP contribution in [0.2, 0.25) is 0 Å². The van der Waals surface area contributed by atoms with E-state index >= 15 is 4.39 Å². The van der Waals surface area contributed by atoms with Gasteiger partial charge in [0.05, 0.1) is 56.0 Å². The monoisotopic (exact) mass is 575 g/mol. The van der Waals surface area contributed by atoms with Crippen LogP contribution in [0.1, 0.15) is 46.4 Å². The summed E-state index contributed by atoms with van der Waals surface area (Å²) in [7, 11) is 0. The zero-order valence-electron chi connectivity index (χ0n) is 23.2. The predicted molar refractivity (Wildman–Crippen MR) is 145 cm³/mol. The quantitative estimate of drug-likeness (QED) is 0.263. The normalized spacial score (nSPS) is 22.4. The van der Waals surface area contributed by atoms with E-state index in [-0.39, 0.29) is 29.7 Å². The number of hydrogen-bond donors (Lipinski definition) is 2. The molecular weight excluding hydrogens is 537 g/mol. The Morgan fingerprint density at radius 3 is 2.20 bits per heavy atom. The highest BCUT2D eigenvalue weighted by Crippen LogP contribution is 2.33. The van der Waals surface area contributed by atoms with Gasteiger partial charge in [-0.25, -0.2) is 4.39 Å². The molecule has 0 spiro atoms. The average Bonchev–Trinajstić information content (AvgIpc) is 3.21. The van der Waals surface area contributed by atoms with Crippen LogP contribution in [0.3, 0.4) is 0 Å². The van der Waals surface area contributed by atoms with Gasteiger partial charge < -0.3 is 24.4 Å². The summed E-state index contributed by atoms with van der Waals surface area (Å²) < 4.78 is 32.2. The van der Waals surface area contributed by atoms with Gasteiger partial charge in [0.2, 0.25) is 11.8 Å². The lowest BCUT2D eigenvalue weighted by Crippen LogP contribution is -2.54. The summed E-state index contributed by atoms with van der Waals surface area (Å²) in [5.74, 6) is -3.09. The van der Waals surface area contributed by atoms with E-state index in [2.05, 4.69) is 15.5 Å². The molecule has 224 valence electrons. The molecule has 0 radical (unpaired) electrons. The van der Waals surface area contributed by atoms with Gasteiger partial charge in [0.15, 0.2) is 0 Å². The van der Waals surface area contributed by atoms with Crippen molar-refractivity contribution in [3.63, 3.8) is 0 Å². The summed E-state index contributed by atoms with van der Waals surface area (Å²) in [6.45, 7) is 8.00. The van der Waals surface area contributed by atoms with Crippen LogP contribution >= 0.6 is 0 Å². The van der Waals surface area contributed by atoms with E-state index in [1.165, 1.54) is 6.07 Å². The molecular formula is C28H38FN5O7. The molecule has 1 aromatic carbocycles. The van der Waals surface area contributed by atoms with Crippen LogP contribution in [-0.4, -0.2) is 124 Å². The Labute approximate surface area is 238 Å². The molecule has 0 bridgehead atoms.